The Morgan fingerprint density at radius 2 is 1.96 bits per heavy atom. The van der Waals surface area contributed by atoms with Crippen LogP contribution in [-0.4, -0.2) is 18.1 Å². The average Bonchev–Trinajstić information content (AvgIpc) is 2.60. The highest BCUT2D eigenvalue weighted by Gasteiger charge is 2.11. The lowest BCUT2D eigenvalue weighted by atomic mass is 10.1. The van der Waals surface area contributed by atoms with E-state index < -0.39 is 5.91 Å². The molecule has 2 rings (SSSR count). The number of rotatable bonds is 5. The molecule has 0 saturated carbocycles. The molecule has 0 aliphatic carbocycles. The van der Waals surface area contributed by atoms with Crippen molar-refractivity contribution in [1.29, 1.82) is 5.26 Å². The smallest absolute Gasteiger partial charge is 0.290 e. The van der Waals surface area contributed by atoms with Gasteiger partial charge in [0.25, 0.3) is 5.91 Å². The molecule has 0 radical (unpaired) electrons. The fourth-order valence-electron chi connectivity index (χ4n) is 2.01. The second kappa shape index (κ2) is 8.20. The number of nitrogens with zero attached hydrogens (tertiary/aromatic N) is 1. The maximum Gasteiger partial charge on any atom is 0.290 e. The van der Waals surface area contributed by atoms with Crippen LogP contribution < -0.4 is 5.32 Å². The number of phenolic OH excluding ortho intramolecular Hbond substituents is 1. The van der Waals surface area contributed by atoms with Crippen LogP contribution in [0.4, 0.5) is 0 Å². The summed E-state index contributed by atoms with van der Waals surface area (Å²) in [7, 11) is 1.36. The van der Waals surface area contributed by atoms with Crippen LogP contribution in [0.25, 0.3) is 12.2 Å². The Labute approximate surface area is 140 Å². The molecule has 2 aromatic carbocycles. The van der Waals surface area contributed by atoms with E-state index in [0.29, 0.717) is 5.56 Å². The van der Waals surface area contributed by atoms with E-state index >= 15 is 0 Å². The minimum Gasteiger partial charge on any atom is -0.507 e. The number of nitriles is 1. The summed E-state index contributed by atoms with van der Waals surface area (Å²) in [4.78, 5) is 12.2. The largest absolute Gasteiger partial charge is 0.507 e. The number of carbonyl (C=O) groups excluding carboxylic acids is 1. The number of carbonyl (C=O) groups is 1. The van der Waals surface area contributed by atoms with Gasteiger partial charge >= 0.3 is 0 Å². The number of benzene rings is 2. The molecule has 24 heavy (non-hydrogen) atoms. The molecule has 1 amide bonds. The van der Waals surface area contributed by atoms with Crippen molar-refractivity contribution in [2.45, 2.75) is 0 Å². The van der Waals surface area contributed by atoms with Gasteiger partial charge in [-0.3, -0.25) is 4.79 Å². The molecular weight excluding hydrogens is 304 g/mol. The van der Waals surface area contributed by atoms with Gasteiger partial charge in [0.15, 0.2) is 5.76 Å². The lowest BCUT2D eigenvalue weighted by molar-refractivity contribution is -0.119. The first-order valence-corrected chi connectivity index (χ1v) is 7.16. The van der Waals surface area contributed by atoms with Crippen molar-refractivity contribution in [2.75, 3.05) is 7.11 Å². The Morgan fingerprint density at radius 1 is 1.21 bits per heavy atom. The highest BCUT2D eigenvalue weighted by molar-refractivity contribution is 5.97. The summed E-state index contributed by atoms with van der Waals surface area (Å²) in [6.45, 7) is 0. The molecule has 0 fully saturated rings. The van der Waals surface area contributed by atoms with Crippen molar-refractivity contribution in [3.05, 3.63) is 77.2 Å². The third-order valence-electron chi connectivity index (χ3n) is 3.21. The van der Waals surface area contributed by atoms with Crippen LogP contribution in [0.3, 0.4) is 0 Å². The van der Waals surface area contributed by atoms with Gasteiger partial charge in [0.05, 0.1) is 7.11 Å². The van der Waals surface area contributed by atoms with E-state index in [9.17, 15) is 9.90 Å². The maximum absolute atomic E-state index is 12.2. The SMILES string of the molecule is CO/C(=C\c1cccc(O)c1C#N)C(=O)N/C=C/c1ccccc1. The zero-order chi connectivity index (χ0) is 17.4. The molecule has 0 aromatic heterocycles. The van der Waals surface area contributed by atoms with Crippen molar-refractivity contribution in [3.63, 3.8) is 0 Å². The molecule has 0 spiro atoms. The average molecular weight is 320 g/mol. The van der Waals surface area contributed by atoms with E-state index in [1.807, 2.05) is 36.4 Å². The molecular formula is C19H16N2O3. The van der Waals surface area contributed by atoms with Crippen LogP contribution in [0.5, 0.6) is 5.75 Å². The van der Waals surface area contributed by atoms with Gasteiger partial charge in [-0.1, -0.05) is 42.5 Å². The number of phenols is 1. The highest BCUT2D eigenvalue weighted by atomic mass is 16.5. The first-order valence-electron chi connectivity index (χ1n) is 7.16. The minimum atomic E-state index is -0.461. The summed E-state index contributed by atoms with van der Waals surface area (Å²) in [5.74, 6) is -0.585. The quantitative estimate of drug-likeness (QED) is 0.655. The zero-order valence-electron chi connectivity index (χ0n) is 13.1. The topological polar surface area (TPSA) is 82.3 Å². The van der Waals surface area contributed by atoms with Crippen molar-refractivity contribution < 1.29 is 14.6 Å². The molecule has 5 nitrogen and oxygen atoms in total. The number of amides is 1. The number of nitrogens with one attached hydrogen (secondary N) is 1. The van der Waals surface area contributed by atoms with Gasteiger partial charge in [0.1, 0.15) is 17.4 Å². The Morgan fingerprint density at radius 3 is 2.62 bits per heavy atom. The zero-order valence-corrected chi connectivity index (χ0v) is 13.1. The first-order chi connectivity index (χ1) is 11.7. The fourth-order valence-corrected chi connectivity index (χ4v) is 2.01. The molecule has 2 N–H and O–H groups in total. The van der Waals surface area contributed by atoms with Crippen molar-refractivity contribution in [3.8, 4) is 11.8 Å². The van der Waals surface area contributed by atoms with Crippen molar-refractivity contribution >= 4 is 18.1 Å². The first kappa shape index (κ1) is 16.8. The van der Waals surface area contributed by atoms with E-state index in [1.54, 1.807) is 18.2 Å². The van der Waals surface area contributed by atoms with Gasteiger partial charge in [-0.2, -0.15) is 5.26 Å². The molecule has 2 aromatic rings. The molecule has 0 bridgehead atoms. The van der Waals surface area contributed by atoms with Crippen LogP contribution in [0.2, 0.25) is 0 Å². The predicted molar refractivity (Wildman–Crippen MR) is 91.4 cm³/mol. The van der Waals surface area contributed by atoms with Crippen LogP contribution in [-0.2, 0) is 9.53 Å². The van der Waals surface area contributed by atoms with Gasteiger partial charge in [-0.05, 0) is 29.3 Å². The van der Waals surface area contributed by atoms with Crippen molar-refractivity contribution in [2.24, 2.45) is 0 Å². The van der Waals surface area contributed by atoms with Gasteiger partial charge in [0.2, 0.25) is 0 Å². The summed E-state index contributed by atoms with van der Waals surface area (Å²) in [6, 6.07) is 16.0. The Balaban J connectivity index is 2.16. The van der Waals surface area contributed by atoms with Crippen LogP contribution >= 0.6 is 0 Å². The van der Waals surface area contributed by atoms with Crippen molar-refractivity contribution in [1.82, 2.24) is 5.32 Å². The second-order valence-corrected chi connectivity index (χ2v) is 4.78. The van der Waals surface area contributed by atoms with Crippen LogP contribution in [0.15, 0.2) is 60.5 Å². The van der Waals surface area contributed by atoms with Gasteiger partial charge in [0, 0.05) is 6.20 Å². The number of hydrogen-bond donors (Lipinski definition) is 2. The standard InChI is InChI=1S/C19H16N2O3/c1-24-18(12-15-8-5-9-17(22)16(15)13-20)19(23)21-11-10-14-6-3-2-4-7-14/h2-12,22H,1H3,(H,21,23)/b11-10+,18-12-. The van der Waals surface area contributed by atoms with E-state index in [2.05, 4.69) is 5.32 Å². The van der Waals surface area contributed by atoms with E-state index in [4.69, 9.17) is 10.00 Å². The minimum absolute atomic E-state index is 0.0230. The Hall–Kier alpha value is -3.52. The van der Waals surface area contributed by atoms with Gasteiger partial charge < -0.3 is 15.2 Å². The third-order valence-corrected chi connectivity index (χ3v) is 3.21. The Bertz CT molecular complexity index is 818. The third kappa shape index (κ3) is 4.24. The van der Waals surface area contributed by atoms with Crippen LogP contribution in [0, 0.1) is 11.3 Å². The van der Waals surface area contributed by atoms with E-state index in [0.717, 1.165) is 5.56 Å². The van der Waals surface area contributed by atoms with E-state index in [-0.39, 0.29) is 17.1 Å². The van der Waals surface area contributed by atoms with E-state index in [1.165, 1.54) is 25.5 Å². The Kier molecular flexibility index (Phi) is 5.76. The molecule has 0 aliphatic heterocycles. The molecule has 0 heterocycles. The predicted octanol–water partition coefficient (Wildman–Crippen LogP) is 3.04. The number of methoxy groups -OCH3 is 1. The molecule has 0 aliphatic rings. The number of aromatic hydroxyl groups is 1. The summed E-state index contributed by atoms with van der Waals surface area (Å²) in [5, 5.41) is 21.4. The summed E-state index contributed by atoms with van der Waals surface area (Å²) in [6.07, 6.45) is 4.67. The normalized spacial score (nSPS) is 11.1. The summed E-state index contributed by atoms with van der Waals surface area (Å²) < 4.78 is 5.08. The number of hydrogen-bond acceptors (Lipinski definition) is 4. The monoisotopic (exact) mass is 320 g/mol. The lowest BCUT2D eigenvalue weighted by Crippen LogP contribution is -2.20. The van der Waals surface area contributed by atoms with Gasteiger partial charge in [-0.25, -0.2) is 0 Å². The molecule has 0 atom stereocenters. The maximum atomic E-state index is 12.2. The van der Waals surface area contributed by atoms with Crippen LogP contribution in [0.1, 0.15) is 16.7 Å². The second-order valence-electron chi connectivity index (χ2n) is 4.78. The number of ether oxygens (including phenoxy) is 1. The summed E-state index contributed by atoms with van der Waals surface area (Å²) >= 11 is 0. The lowest BCUT2D eigenvalue weighted by Gasteiger charge is -2.06. The molecule has 0 unspecified atom stereocenters. The molecule has 120 valence electrons. The fraction of sp³-hybridized carbons (Fsp3) is 0.0526. The van der Waals surface area contributed by atoms with Gasteiger partial charge in [-0.15, -0.1) is 0 Å². The highest BCUT2D eigenvalue weighted by Crippen LogP contribution is 2.22. The molecule has 0 saturated heterocycles. The summed E-state index contributed by atoms with van der Waals surface area (Å²) in [5.41, 5.74) is 1.43. The molecule has 5 heteroatoms.